The summed E-state index contributed by atoms with van der Waals surface area (Å²) in [5.41, 5.74) is 0.300. The summed E-state index contributed by atoms with van der Waals surface area (Å²) in [5, 5.41) is 3.03. The Morgan fingerprint density at radius 2 is 2.50 bits per heavy atom. The van der Waals surface area contributed by atoms with Gasteiger partial charge in [0, 0.05) is 18.7 Å². The molecule has 0 spiro atoms. The molecule has 0 aliphatic rings. The van der Waals surface area contributed by atoms with Crippen molar-refractivity contribution in [1.82, 2.24) is 9.97 Å². The third-order valence-electron chi connectivity index (χ3n) is 1.92. The molecular weight excluding hydrogens is 206 g/mol. The third-order valence-corrected chi connectivity index (χ3v) is 1.92. The Morgan fingerprint density at radius 3 is 3.12 bits per heavy atom. The maximum atomic E-state index is 11.4. The van der Waals surface area contributed by atoms with Crippen LogP contribution in [0.4, 0.5) is 5.82 Å². The lowest BCUT2D eigenvalue weighted by molar-refractivity contribution is 0.0601. The number of anilines is 1. The van der Waals surface area contributed by atoms with E-state index in [0.29, 0.717) is 17.8 Å². The maximum absolute atomic E-state index is 11.4. The first-order valence-electron chi connectivity index (χ1n) is 4.77. The Balaban J connectivity index is 2.87. The largest absolute Gasteiger partial charge is 0.465 e. The molecule has 1 atom stereocenters. The van der Waals surface area contributed by atoms with Gasteiger partial charge in [0.25, 0.3) is 0 Å². The molecule has 1 heterocycles. The summed E-state index contributed by atoms with van der Waals surface area (Å²) in [6.45, 7) is 1.91. The molecule has 0 aromatic carbocycles. The van der Waals surface area contributed by atoms with Crippen LogP contribution in [0.3, 0.4) is 0 Å². The van der Waals surface area contributed by atoms with Crippen LogP contribution >= 0.6 is 0 Å². The minimum absolute atomic E-state index is 0.0308. The molecule has 1 rings (SSSR count). The zero-order valence-electron chi connectivity index (χ0n) is 9.23. The Hall–Kier alpha value is -2.09. The van der Waals surface area contributed by atoms with Gasteiger partial charge in [0.05, 0.1) is 7.11 Å². The van der Waals surface area contributed by atoms with Crippen molar-refractivity contribution < 1.29 is 9.53 Å². The molecule has 1 aromatic heterocycles. The predicted octanol–water partition coefficient (Wildman–Crippen LogP) is 1.09. The van der Waals surface area contributed by atoms with Gasteiger partial charge in [-0.15, -0.1) is 12.3 Å². The number of hydrogen-bond acceptors (Lipinski definition) is 5. The van der Waals surface area contributed by atoms with Crippen molar-refractivity contribution >= 4 is 11.8 Å². The Kier molecular flexibility index (Phi) is 4.28. The Bertz CT molecular complexity index is 412. The molecule has 1 aromatic rings. The number of carbonyl (C=O) groups excluding carboxylic acids is 1. The molecular formula is C11H13N3O2. The summed E-state index contributed by atoms with van der Waals surface area (Å²) in [7, 11) is 1.31. The fraction of sp³-hybridized carbons (Fsp3) is 0.364. The number of terminal acetylenes is 1. The van der Waals surface area contributed by atoms with Crippen LogP contribution in [0.15, 0.2) is 12.5 Å². The molecule has 5 nitrogen and oxygen atoms in total. The van der Waals surface area contributed by atoms with Crippen molar-refractivity contribution in [2.45, 2.75) is 19.4 Å². The van der Waals surface area contributed by atoms with E-state index in [2.05, 4.69) is 25.9 Å². The number of esters is 1. The summed E-state index contributed by atoms with van der Waals surface area (Å²) in [5.74, 6) is 2.49. The maximum Gasteiger partial charge on any atom is 0.343 e. The number of methoxy groups -OCH3 is 1. The first-order chi connectivity index (χ1) is 7.69. The van der Waals surface area contributed by atoms with Gasteiger partial charge in [0.1, 0.15) is 17.7 Å². The highest BCUT2D eigenvalue weighted by molar-refractivity contribution is 5.94. The van der Waals surface area contributed by atoms with Crippen molar-refractivity contribution in [3.8, 4) is 12.3 Å². The minimum Gasteiger partial charge on any atom is -0.465 e. The van der Waals surface area contributed by atoms with Crippen LogP contribution in [0.5, 0.6) is 0 Å². The average Bonchev–Trinajstić information content (AvgIpc) is 2.29. The van der Waals surface area contributed by atoms with Gasteiger partial charge in [-0.2, -0.15) is 0 Å². The molecule has 16 heavy (non-hydrogen) atoms. The van der Waals surface area contributed by atoms with Crippen LogP contribution in [0.2, 0.25) is 0 Å². The number of nitrogens with zero attached hydrogens (tertiary/aromatic N) is 2. The monoisotopic (exact) mass is 219 g/mol. The molecule has 0 radical (unpaired) electrons. The van der Waals surface area contributed by atoms with Crippen LogP contribution in [0.1, 0.15) is 23.7 Å². The number of nitrogens with one attached hydrogen (secondary N) is 1. The molecule has 0 fully saturated rings. The molecule has 0 saturated heterocycles. The lowest BCUT2D eigenvalue weighted by Gasteiger charge is -2.13. The van der Waals surface area contributed by atoms with E-state index in [9.17, 15) is 4.79 Å². The highest BCUT2D eigenvalue weighted by atomic mass is 16.5. The summed E-state index contributed by atoms with van der Waals surface area (Å²) in [6, 6.07) is 0.0308. The molecule has 0 aliphatic carbocycles. The van der Waals surface area contributed by atoms with Crippen LogP contribution in [0.25, 0.3) is 0 Å². The highest BCUT2D eigenvalue weighted by Gasteiger charge is 2.14. The van der Waals surface area contributed by atoms with E-state index < -0.39 is 5.97 Å². The van der Waals surface area contributed by atoms with E-state index in [4.69, 9.17) is 6.42 Å². The SMILES string of the molecule is C#CCC(C)Nc1ncncc1C(=O)OC. The number of rotatable bonds is 4. The number of ether oxygens (including phenoxy) is 1. The van der Waals surface area contributed by atoms with E-state index in [0.717, 1.165) is 0 Å². The van der Waals surface area contributed by atoms with Crippen LogP contribution < -0.4 is 5.32 Å². The second-order valence-electron chi connectivity index (χ2n) is 3.23. The normalized spacial score (nSPS) is 11.3. The van der Waals surface area contributed by atoms with Gasteiger partial charge in [0.2, 0.25) is 0 Å². The van der Waals surface area contributed by atoms with E-state index in [-0.39, 0.29) is 6.04 Å². The van der Waals surface area contributed by atoms with Gasteiger partial charge in [-0.1, -0.05) is 0 Å². The Morgan fingerprint density at radius 1 is 1.75 bits per heavy atom. The van der Waals surface area contributed by atoms with Crippen LogP contribution in [-0.4, -0.2) is 29.1 Å². The van der Waals surface area contributed by atoms with E-state index in [1.165, 1.54) is 19.6 Å². The van der Waals surface area contributed by atoms with Gasteiger partial charge in [-0.25, -0.2) is 14.8 Å². The van der Waals surface area contributed by atoms with Crippen molar-refractivity contribution in [2.75, 3.05) is 12.4 Å². The van der Waals surface area contributed by atoms with E-state index >= 15 is 0 Å². The first kappa shape index (κ1) is 12.0. The summed E-state index contributed by atoms with van der Waals surface area (Å²) < 4.78 is 4.62. The second-order valence-corrected chi connectivity index (χ2v) is 3.23. The minimum atomic E-state index is -0.476. The lowest BCUT2D eigenvalue weighted by atomic mass is 10.2. The molecule has 0 amide bonds. The van der Waals surface area contributed by atoms with Crippen LogP contribution in [0, 0.1) is 12.3 Å². The molecule has 0 saturated carbocycles. The van der Waals surface area contributed by atoms with Gasteiger partial charge in [0.15, 0.2) is 0 Å². The van der Waals surface area contributed by atoms with Gasteiger partial charge in [-0.05, 0) is 6.92 Å². The number of aromatic nitrogens is 2. The third kappa shape index (κ3) is 2.95. The fourth-order valence-electron chi connectivity index (χ4n) is 1.17. The topological polar surface area (TPSA) is 64.1 Å². The van der Waals surface area contributed by atoms with Crippen molar-refractivity contribution in [1.29, 1.82) is 0 Å². The van der Waals surface area contributed by atoms with E-state index in [1.807, 2.05) is 6.92 Å². The van der Waals surface area contributed by atoms with E-state index in [1.54, 1.807) is 0 Å². The van der Waals surface area contributed by atoms with Gasteiger partial charge in [-0.3, -0.25) is 0 Å². The quantitative estimate of drug-likeness (QED) is 0.606. The first-order valence-corrected chi connectivity index (χ1v) is 4.77. The molecule has 0 bridgehead atoms. The molecule has 84 valence electrons. The zero-order chi connectivity index (χ0) is 12.0. The number of carbonyl (C=O) groups is 1. The van der Waals surface area contributed by atoms with Crippen molar-refractivity contribution in [2.24, 2.45) is 0 Å². The standard InChI is InChI=1S/C11H13N3O2/c1-4-5-8(2)14-10-9(11(15)16-3)6-12-7-13-10/h1,6-8H,5H2,2-3H3,(H,12,13,14). The average molecular weight is 219 g/mol. The summed E-state index contributed by atoms with van der Waals surface area (Å²) >= 11 is 0. The molecule has 0 aliphatic heterocycles. The predicted molar refractivity (Wildman–Crippen MR) is 59.9 cm³/mol. The summed E-state index contributed by atoms with van der Waals surface area (Å²) in [6.07, 6.45) is 8.50. The molecule has 1 N–H and O–H groups in total. The number of hydrogen-bond donors (Lipinski definition) is 1. The summed E-state index contributed by atoms with van der Waals surface area (Å²) in [4.78, 5) is 19.1. The molecule has 5 heteroatoms. The van der Waals surface area contributed by atoms with Gasteiger partial charge < -0.3 is 10.1 Å². The Labute approximate surface area is 94.2 Å². The second kappa shape index (κ2) is 5.71. The van der Waals surface area contributed by atoms with Crippen molar-refractivity contribution in [3.63, 3.8) is 0 Å². The van der Waals surface area contributed by atoms with Crippen molar-refractivity contribution in [3.05, 3.63) is 18.1 Å². The lowest BCUT2D eigenvalue weighted by Crippen LogP contribution is -2.18. The fourth-order valence-corrected chi connectivity index (χ4v) is 1.17. The smallest absolute Gasteiger partial charge is 0.343 e. The zero-order valence-corrected chi connectivity index (χ0v) is 9.23. The van der Waals surface area contributed by atoms with Gasteiger partial charge >= 0.3 is 5.97 Å². The van der Waals surface area contributed by atoms with Crippen LogP contribution in [-0.2, 0) is 4.74 Å². The highest BCUT2D eigenvalue weighted by Crippen LogP contribution is 2.13. The molecule has 1 unspecified atom stereocenters.